The van der Waals surface area contributed by atoms with Gasteiger partial charge >= 0.3 is 5.97 Å². The molecule has 0 aliphatic heterocycles. The standard InChI is InChI=1S/C6H6O4/c7-3-4-1-2-5(10-4)6(8)9/h1-2,7H,3H2,(H,8,9). The number of rotatable bonds is 2. The van der Waals surface area contributed by atoms with E-state index in [0.29, 0.717) is 0 Å². The SMILES string of the molecule is O=C(O)c1ccc(CO)o1. The van der Waals surface area contributed by atoms with Gasteiger partial charge in [0.15, 0.2) is 0 Å². The largest absolute Gasteiger partial charge is 0.475 e. The third kappa shape index (κ3) is 1.16. The molecule has 0 fully saturated rings. The molecule has 1 aromatic heterocycles. The lowest BCUT2D eigenvalue weighted by Crippen LogP contribution is -1.91. The first-order valence-electron chi connectivity index (χ1n) is 2.67. The summed E-state index contributed by atoms with van der Waals surface area (Å²) in [6, 6.07) is 2.72. The van der Waals surface area contributed by atoms with Gasteiger partial charge in [0.1, 0.15) is 12.4 Å². The summed E-state index contributed by atoms with van der Waals surface area (Å²) < 4.78 is 4.64. The van der Waals surface area contributed by atoms with Crippen LogP contribution < -0.4 is 0 Å². The molecule has 2 N–H and O–H groups in total. The Kier molecular flexibility index (Phi) is 1.73. The zero-order valence-electron chi connectivity index (χ0n) is 5.07. The number of carbonyl (C=O) groups is 1. The van der Waals surface area contributed by atoms with Crippen LogP contribution in [0.25, 0.3) is 0 Å². The van der Waals surface area contributed by atoms with Crippen molar-refractivity contribution in [2.45, 2.75) is 6.61 Å². The lowest BCUT2D eigenvalue weighted by atomic mass is 10.4. The predicted octanol–water partition coefficient (Wildman–Crippen LogP) is 0.470. The number of carboxylic acid groups (broad SMARTS) is 1. The fourth-order valence-corrected chi connectivity index (χ4v) is 0.578. The molecule has 0 atom stereocenters. The van der Waals surface area contributed by atoms with Crippen molar-refractivity contribution in [3.63, 3.8) is 0 Å². The number of aliphatic hydroxyl groups is 1. The van der Waals surface area contributed by atoms with Gasteiger partial charge in [-0.2, -0.15) is 0 Å². The van der Waals surface area contributed by atoms with Gasteiger partial charge in [0.2, 0.25) is 5.76 Å². The molecule has 0 aliphatic rings. The third-order valence-electron chi connectivity index (χ3n) is 1.03. The highest BCUT2D eigenvalue weighted by Crippen LogP contribution is 2.06. The summed E-state index contributed by atoms with van der Waals surface area (Å²) in [6.45, 7) is -0.271. The van der Waals surface area contributed by atoms with Gasteiger partial charge in [-0.3, -0.25) is 0 Å². The normalized spacial score (nSPS) is 9.70. The molecule has 1 heterocycles. The molecule has 0 radical (unpaired) electrons. The molecule has 1 rings (SSSR count). The Balaban J connectivity index is 2.88. The second-order valence-electron chi connectivity index (χ2n) is 1.73. The molecule has 10 heavy (non-hydrogen) atoms. The van der Waals surface area contributed by atoms with Gasteiger partial charge < -0.3 is 14.6 Å². The number of hydrogen-bond donors (Lipinski definition) is 2. The van der Waals surface area contributed by atoms with Gasteiger partial charge in [0.25, 0.3) is 0 Å². The van der Waals surface area contributed by atoms with Gasteiger partial charge in [-0.25, -0.2) is 4.79 Å². The van der Waals surface area contributed by atoms with E-state index in [2.05, 4.69) is 4.42 Å². The minimum absolute atomic E-state index is 0.149. The first-order valence-corrected chi connectivity index (χ1v) is 2.67. The summed E-state index contributed by atoms with van der Waals surface area (Å²) in [6.07, 6.45) is 0. The first kappa shape index (κ1) is 6.82. The van der Waals surface area contributed by atoms with Crippen LogP contribution in [0.5, 0.6) is 0 Å². The van der Waals surface area contributed by atoms with Gasteiger partial charge in [-0.1, -0.05) is 0 Å². The molecule has 54 valence electrons. The zero-order valence-corrected chi connectivity index (χ0v) is 5.07. The Hall–Kier alpha value is -1.29. The predicted molar refractivity (Wildman–Crippen MR) is 31.6 cm³/mol. The van der Waals surface area contributed by atoms with Gasteiger partial charge in [0, 0.05) is 0 Å². The number of aromatic carboxylic acids is 1. The van der Waals surface area contributed by atoms with Gasteiger partial charge in [0.05, 0.1) is 0 Å². The minimum atomic E-state index is -1.13. The molecule has 4 heteroatoms. The van der Waals surface area contributed by atoms with E-state index < -0.39 is 5.97 Å². The summed E-state index contributed by atoms with van der Waals surface area (Å²) in [5, 5.41) is 16.8. The highest BCUT2D eigenvalue weighted by Gasteiger charge is 2.06. The highest BCUT2D eigenvalue weighted by atomic mass is 16.4. The lowest BCUT2D eigenvalue weighted by Gasteiger charge is -1.85. The van der Waals surface area contributed by atoms with Crippen molar-refractivity contribution < 1.29 is 19.4 Å². The highest BCUT2D eigenvalue weighted by molar-refractivity contribution is 5.84. The van der Waals surface area contributed by atoms with E-state index in [1.165, 1.54) is 12.1 Å². The lowest BCUT2D eigenvalue weighted by molar-refractivity contribution is 0.0657. The Morgan fingerprint density at radius 2 is 2.30 bits per heavy atom. The maximum atomic E-state index is 10.2. The average molecular weight is 142 g/mol. The summed E-state index contributed by atoms with van der Waals surface area (Å²) in [7, 11) is 0. The Bertz CT molecular complexity index is 238. The van der Waals surface area contributed by atoms with Crippen LogP contribution in [0.4, 0.5) is 0 Å². The molecule has 0 aliphatic carbocycles. The topological polar surface area (TPSA) is 70.7 Å². The zero-order chi connectivity index (χ0) is 7.56. The van der Waals surface area contributed by atoms with Crippen LogP contribution in [0.15, 0.2) is 16.5 Å². The molecule has 0 bridgehead atoms. The van der Waals surface area contributed by atoms with Crippen molar-refractivity contribution in [1.82, 2.24) is 0 Å². The molecule has 0 saturated heterocycles. The summed E-state index contributed by atoms with van der Waals surface area (Å²) >= 11 is 0. The molecule has 0 spiro atoms. The van der Waals surface area contributed by atoms with Crippen LogP contribution in [0.2, 0.25) is 0 Å². The molecule has 0 amide bonds. The fourth-order valence-electron chi connectivity index (χ4n) is 0.578. The van der Waals surface area contributed by atoms with Crippen LogP contribution in [0.3, 0.4) is 0 Å². The number of hydrogen-bond acceptors (Lipinski definition) is 3. The monoisotopic (exact) mass is 142 g/mol. The van der Waals surface area contributed by atoms with E-state index in [1.807, 2.05) is 0 Å². The smallest absolute Gasteiger partial charge is 0.371 e. The van der Waals surface area contributed by atoms with Crippen molar-refractivity contribution in [2.24, 2.45) is 0 Å². The maximum Gasteiger partial charge on any atom is 0.371 e. The molecule has 0 unspecified atom stereocenters. The average Bonchev–Trinajstić information content (AvgIpc) is 2.34. The van der Waals surface area contributed by atoms with Crippen molar-refractivity contribution >= 4 is 5.97 Å². The number of aliphatic hydroxyl groups excluding tert-OH is 1. The van der Waals surface area contributed by atoms with Crippen molar-refractivity contribution in [3.05, 3.63) is 23.7 Å². The van der Waals surface area contributed by atoms with Crippen molar-refractivity contribution in [3.8, 4) is 0 Å². The van der Waals surface area contributed by atoms with Crippen LogP contribution in [-0.4, -0.2) is 16.2 Å². The molecule has 0 aromatic carbocycles. The quantitative estimate of drug-likeness (QED) is 0.629. The molecule has 1 aromatic rings. The van der Waals surface area contributed by atoms with E-state index in [1.54, 1.807) is 0 Å². The van der Waals surface area contributed by atoms with Gasteiger partial charge in [-0.15, -0.1) is 0 Å². The molecule has 0 saturated carbocycles. The first-order chi connectivity index (χ1) is 4.74. The Morgan fingerprint density at radius 1 is 1.60 bits per heavy atom. The second-order valence-corrected chi connectivity index (χ2v) is 1.73. The van der Waals surface area contributed by atoms with Crippen molar-refractivity contribution in [1.29, 1.82) is 0 Å². The summed E-state index contributed by atoms with van der Waals surface area (Å²) in [4.78, 5) is 10.2. The Labute approximate surface area is 56.7 Å². The van der Waals surface area contributed by atoms with Crippen molar-refractivity contribution in [2.75, 3.05) is 0 Å². The molecule has 4 nitrogen and oxygen atoms in total. The maximum absolute atomic E-state index is 10.2. The van der Waals surface area contributed by atoms with Crippen LogP contribution >= 0.6 is 0 Å². The summed E-state index contributed by atoms with van der Waals surface area (Å²) in [5.74, 6) is -1.01. The third-order valence-corrected chi connectivity index (χ3v) is 1.03. The summed E-state index contributed by atoms with van der Waals surface area (Å²) in [5.41, 5.74) is 0. The van der Waals surface area contributed by atoms with Crippen LogP contribution in [-0.2, 0) is 6.61 Å². The van der Waals surface area contributed by atoms with E-state index >= 15 is 0 Å². The number of furan rings is 1. The molecular weight excluding hydrogens is 136 g/mol. The Morgan fingerprint density at radius 3 is 2.60 bits per heavy atom. The number of carboxylic acids is 1. The molecular formula is C6H6O4. The van der Waals surface area contributed by atoms with Crippen LogP contribution in [0, 0.1) is 0 Å². The van der Waals surface area contributed by atoms with E-state index in [4.69, 9.17) is 10.2 Å². The van der Waals surface area contributed by atoms with E-state index in [-0.39, 0.29) is 18.1 Å². The van der Waals surface area contributed by atoms with E-state index in [0.717, 1.165) is 0 Å². The second kappa shape index (κ2) is 2.53. The fraction of sp³-hybridized carbons (Fsp3) is 0.167. The van der Waals surface area contributed by atoms with E-state index in [9.17, 15) is 4.79 Å². The van der Waals surface area contributed by atoms with Crippen LogP contribution in [0.1, 0.15) is 16.3 Å². The minimum Gasteiger partial charge on any atom is -0.475 e. The van der Waals surface area contributed by atoms with Gasteiger partial charge in [-0.05, 0) is 12.1 Å².